The molecule has 1 aromatic rings. The summed E-state index contributed by atoms with van der Waals surface area (Å²) in [5.74, 6) is 0.477. The average Bonchev–Trinajstić information content (AvgIpc) is 2.19. The summed E-state index contributed by atoms with van der Waals surface area (Å²) < 4.78 is 5.17. The van der Waals surface area contributed by atoms with Gasteiger partial charge in [0.25, 0.3) is 0 Å². The van der Waals surface area contributed by atoms with Crippen LogP contribution in [0.3, 0.4) is 0 Å². The van der Waals surface area contributed by atoms with Crippen molar-refractivity contribution in [1.82, 2.24) is 4.98 Å². The molecular weight excluding hydrogens is 192 g/mol. The second kappa shape index (κ2) is 5.68. The Bertz CT molecular complexity index is 300. The van der Waals surface area contributed by atoms with Gasteiger partial charge < -0.3 is 15.6 Å². The molecule has 0 saturated heterocycles. The van der Waals surface area contributed by atoms with E-state index in [4.69, 9.17) is 10.5 Å². The van der Waals surface area contributed by atoms with Gasteiger partial charge >= 0.3 is 0 Å². The van der Waals surface area contributed by atoms with Gasteiger partial charge in [-0.1, -0.05) is 6.92 Å². The maximum Gasteiger partial charge on any atom is 0.123 e. The predicted octanol–water partition coefficient (Wildman–Crippen LogP) is 0.992. The number of pyridine rings is 1. The quantitative estimate of drug-likeness (QED) is 0.760. The summed E-state index contributed by atoms with van der Waals surface area (Å²) in [5, 5.41) is 9.87. The van der Waals surface area contributed by atoms with Crippen molar-refractivity contribution in [3.63, 3.8) is 0 Å². The van der Waals surface area contributed by atoms with E-state index in [1.54, 1.807) is 19.4 Å². The number of hydrogen-bond acceptors (Lipinski definition) is 4. The van der Waals surface area contributed by atoms with Gasteiger partial charge in [0.2, 0.25) is 0 Å². The molecule has 0 spiro atoms. The number of aromatic nitrogens is 1. The molecule has 0 fully saturated rings. The van der Waals surface area contributed by atoms with Crippen molar-refractivity contribution in [2.75, 3.05) is 12.8 Å². The fourth-order valence-electron chi connectivity index (χ4n) is 1.59. The number of nitrogens with two attached hydrogens (primary N) is 1. The molecule has 0 aliphatic rings. The number of rotatable bonds is 5. The molecule has 1 aromatic heterocycles. The molecule has 0 saturated carbocycles. The molecule has 2 unspecified atom stereocenters. The number of anilines is 1. The number of aliphatic hydroxyl groups is 1. The predicted molar refractivity (Wildman–Crippen MR) is 59.4 cm³/mol. The summed E-state index contributed by atoms with van der Waals surface area (Å²) in [6.45, 7) is 1.98. The average molecular weight is 210 g/mol. The van der Waals surface area contributed by atoms with Gasteiger partial charge in [0, 0.05) is 19.7 Å². The van der Waals surface area contributed by atoms with Crippen molar-refractivity contribution < 1.29 is 9.84 Å². The molecule has 0 aliphatic heterocycles. The minimum atomic E-state index is -0.498. The van der Waals surface area contributed by atoms with Gasteiger partial charge in [-0.05, 0) is 24.1 Å². The standard InChI is InChI=1S/C11H18N2O2/c1-3-10(15-2)9(14)6-8-4-5-13-11(12)7-8/h4-5,7,9-10,14H,3,6H2,1-2H3,(H2,12,13). The number of nitrogens with zero attached hydrogens (tertiary/aromatic N) is 1. The number of nitrogen functional groups attached to an aromatic ring is 1. The second-order valence-corrected chi connectivity index (χ2v) is 3.54. The van der Waals surface area contributed by atoms with E-state index in [1.807, 2.05) is 13.0 Å². The van der Waals surface area contributed by atoms with Crippen LogP contribution >= 0.6 is 0 Å². The van der Waals surface area contributed by atoms with E-state index in [-0.39, 0.29) is 6.10 Å². The molecule has 2 atom stereocenters. The fraction of sp³-hybridized carbons (Fsp3) is 0.545. The first-order valence-electron chi connectivity index (χ1n) is 5.08. The topological polar surface area (TPSA) is 68.4 Å². The summed E-state index contributed by atoms with van der Waals surface area (Å²) in [4.78, 5) is 3.90. The third-order valence-corrected chi connectivity index (χ3v) is 2.42. The van der Waals surface area contributed by atoms with E-state index in [1.165, 1.54) is 0 Å². The lowest BCUT2D eigenvalue weighted by molar-refractivity contribution is -0.0128. The maximum atomic E-state index is 9.87. The molecule has 1 heterocycles. The second-order valence-electron chi connectivity index (χ2n) is 3.54. The van der Waals surface area contributed by atoms with Crippen molar-refractivity contribution >= 4 is 5.82 Å². The maximum absolute atomic E-state index is 9.87. The van der Waals surface area contributed by atoms with E-state index in [0.717, 1.165) is 12.0 Å². The van der Waals surface area contributed by atoms with Crippen LogP contribution in [0, 0.1) is 0 Å². The SMILES string of the molecule is CCC(OC)C(O)Cc1ccnc(N)c1. The monoisotopic (exact) mass is 210 g/mol. The zero-order chi connectivity index (χ0) is 11.3. The Kier molecular flexibility index (Phi) is 4.52. The molecule has 0 aliphatic carbocycles. The van der Waals surface area contributed by atoms with Crippen molar-refractivity contribution in [3.8, 4) is 0 Å². The molecule has 0 bridgehead atoms. The number of aliphatic hydroxyl groups excluding tert-OH is 1. The summed E-state index contributed by atoms with van der Waals surface area (Å²) >= 11 is 0. The van der Waals surface area contributed by atoms with Gasteiger partial charge in [-0.3, -0.25) is 0 Å². The van der Waals surface area contributed by atoms with Gasteiger partial charge in [-0.2, -0.15) is 0 Å². The van der Waals surface area contributed by atoms with Crippen LogP contribution in [-0.2, 0) is 11.2 Å². The molecule has 1 rings (SSSR count). The van der Waals surface area contributed by atoms with E-state index in [9.17, 15) is 5.11 Å². The Balaban J connectivity index is 2.61. The zero-order valence-corrected chi connectivity index (χ0v) is 9.18. The van der Waals surface area contributed by atoms with E-state index in [2.05, 4.69) is 4.98 Å². The van der Waals surface area contributed by atoms with Gasteiger partial charge in [-0.25, -0.2) is 4.98 Å². The summed E-state index contributed by atoms with van der Waals surface area (Å²) in [6, 6.07) is 3.62. The smallest absolute Gasteiger partial charge is 0.123 e. The Hall–Kier alpha value is -1.13. The molecule has 4 heteroatoms. The minimum Gasteiger partial charge on any atom is -0.390 e. The van der Waals surface area contributed by atoms with Crippen molar-refractivity contribution in [3.05, 3.63) is 23.9 Å². The van der Waals surface area contributed by atoms with Crippen molar-refractivity contribution in [2.24, 2.45) is 0 Å². The third-order valence-electron chi connectivity index (χ3n) is 2.42. The highest BCUT2D eigenvalue weighted by Crippen LogP contribution is 2.11. The summed E-state index contributed by atoms with van der Waals surface area (Å²) in [5.41, 5.74) is 6.53. The molecule has 0 amide bonds. The van der Waals surface area contributed by atoms with Crippen LogP contribution in [0.15, 0.2) is 18.3 Å². The highest BCUT2D eigenvalue weighted by Gasteiger charge is 2.16. The van der Waals surface area contributed by atoms with Gasteiger partial charge in [0.05, 0.1) is 12.2 Å². The Morgan fingerprint density at radius 1 is 1.60 bits per heavy atom. The fourth-order valence-corrected chi connectivity index (χ4v) is 1.59. The van der Waals surface area contributed by atoms with E-state index in [0.29, 0.717) is 12.2 Å². The molecule has 0 radical (unpaired) electrons. The highest BCUT2D eigenvalue weighted by molar-refractivity contribution is 5.32. The third kappa shape index (κ3) is 3.49. The molecular formula is C11H18N2O2. The first kappa shape index (κ1) is 11.9. The minimum absolute atomic E-state index is 0.126. The van der Waals surface area contributed by atoms with Crippen LogP contribution in [0.25, 0.3) is 0 Å². The molecule has 4 nitrogen and oxygen atoms in total. The van der Waals surface area contributed by atoms with Gasteiger partial charge in [0.15, 0.2) is 0 Å². The summed E-state index contributed by atoms with van der Waals surface area (Å²) in [6.07, 6.45) is 2.35. The van der Waals surface area contributed by atoms with Crippen LogP contribution < -0.4 is 5.73 Å². The number of ether oxygens (including phenoxy) is 1. The summed E-state index contributed by atoms with van der Waals surface area (Å²) in [7, 11) is 1.61. The lowest BCUT2D eigenvalue weighted by atomic mass is 10.0. The normalized spacial score (nSPS) is 14.9. The Morgan fingerprint density at radius 2 is 2.33 bits per heavy atom. The zero-order valence-electron chi connectivity index (χ0n) is 9.18. The largest absolute Gasteiger partial charge is 0.390 e. The molecule has 0 aromatic carbocycles. The Labute approximate surface area is 90.1 Å². The first-order valence-corrected chi connectivity index (χ1v) is 5.08. The van der Waals surface area contributed by atoms with Crippen molar-refractivity contribution in [2.45, 2.75) is 32.0 Å². The van der Waals surface area contributed by atoms with Gasteiger partial charge in [-0.15, -0.1) is 0 Å². The van der Waals surface area contributed by atoms with Crippen LogP contribution in [0.1, 0.15) is 18.9 Å². The van der Waals surface area contributed by atoms with Crippen molar-refractivity contribution in [1.29, 1.82) is 0 Å². The lowest BCUT2D eigenvalue weighted by Crippen LogP contribution is -2.29. The molecule has 84 valence electrons. The number of methoxy groups -OCH3 is 1. The van der Waals surface area contributed by atoms with Crippen LogP contribution in [-0.4, -0.2) is 29.4 Å². The van der Waals surface area contributed by atoms with E-state index < -0.39 is 6.10 Å². The van der Waals surface area contributed by atoms with Crippen LogP contribution in [0.2, 0.25) is 0 Å². The van der Waals surface area contributed by atoms with E-state index >= 15 is 0 Å². The lowest BCUT2D eigenvalue weighted by Gasteiger charge is -2.20. The first-order chi connectivity index (χ1) is 7.17. The van der Waals surface area contributed by atoms with Crippen LogP contribution in [0.5, 0.6) is 0 Å². The molecule has 15 heavy (non-hydrogen) atoms. The molecule has 3 N–H and O–H groups in total. The number of hydrogen-bond donors (Lipinski definition) is 2. The Morgan fingerprint density at radius 3 is 2.87 bits per heavy atom. The highest BCUT2D eigenvalue weighted by atomic mass is 16.5. The van der Waals surface area contributed by atoms with Gasteiger partial charge in [0.1, 0.15) is 5.82 Å². The van der Waals surface area contributed by atoms with Crippen LogP contribution in [0.4, 0.5) is 5.82 Å².